The van der Waals surface area contributed by atoms with Crippen LogP contribution in [0.25, 0.3) is 0 Å². The molecule has 7 heteroatoms. The highest BCUT2D eigenvalue weighted by Gasteiger charge is 2.25. The molecule has 5 nitrogen and oxygen atoms in total. The molecule has 0 rings (SSSR count). The lowest BCUT2D eigenvalue weighted by atomic mass is 10.2. The molecule has 0 saturated carbocycles. The summed E-state index contributed by atoms with van der Waals surface area (Å²) in [5, 5.41) is 2.47. The van der Waals surface area contributed by atoms with E-state index in [-0.39, 0.29) is 5.75 Å². The second-order valence-electron chi connectivity index (χ2n) is 6.86. The van der Waals surface area contributed by atoms with E-state index in [2.05, 4.69) is 37.6 Å². The first-order valence-electron chi connectivity index (χ1n) is 6.71. The SMILES string of the molecule is CC(C)(C)OC(=O)NC(CS)C(=O)OCC[Si](C)(C)C. The molecule has 1 atom stereocenters. The molecule has 1 N–H and O–H groups in total. The molecule has 0 aliphatic rings. The van der Waals surface area contributed by atoms with Gasteiger partial charge in [0.25, 0.3) is 0 Å². The van der Waals surface area contributed by atoms with E-state index < -0.39 is 31.8 Å². The average molecular weight is 322 g/mol. The first-order valence-corrected chi connectivity index (χ1v) is 11.1. The maximum atomic E-state index is 11.8. The molecule has 0 aromatic carbocycles. The second-order valence-corrected chi connectivity index (χ2v) is 12.8. The highest BCUT2D eigenvalue weighted by molar-refractivity contribution is 7.80. The molecule has 0 saturated heterocycles. The van der Waals surface area contributed by atoms with Gasteiger partial charge < -0.3 is 14.8 Å². The van der Waals surface area contributed by atoms with Gasteiger partial charge in [0, 0.05) is 13.8 Å². The molecule has 118 valence electrons. The number of amides is 1. The molecule has 0 fully saturated rings. The van der Waals surface area contributed by atoms with Crippen molar-refractivity contribution in [1.82, 2.24) is 5.32 Å². The van der Waals surface area contributed by atoms with E-state index in [1.807, 2.05) is 0 Å². The van der Waals surface area contributed by atoms with Crippen molar-refractivity contribution in [2.75, 3.05) is 12.4 Å². The van der Waals surface area contributed by atoms with Gasteiger partial charge in [-0.25, -0.2) is 9.59 Å². The molecule has 0 aromatic heterocycles. The summed E-state index contributed by atoms with van der Waals surface area (Å²) < 4.78 is 10.3. The molecule has 0 radical (unpaired) electrons. The van der Waals surface area contributed by atoms with Crippen molar-refractivity contribution < 1.29 is 19.1 Å². The minimum atomic E-state index is -1.24. The van der Waals surface area contributed by atoms with Gasteiger partial charge in [-0.2, -0.15) is 12.6 Å². The van der Waals surface area contributed by atoms with Gasteiger partial charge in [0.1, 0.15) is 11.6 Å². The quantitative estimate of drug-likeness (QED) is 0.448. The van der Waals surface area contributed by atoms with Crippen molar-refractivity contribution in [2.45, 2.75) is 58.1 Å². The lowest BCUT2D eigenvalue weighted by Gasteiger charge is -2.22. The largest absolute Gasteiger partial charge is 0.464 e. The third-order valence-corrected chi connectivity index (χ3v) is 4.32. The number of carbonyl (C=O) groups excluding carboxylic acids is 2. The standard InChI is InChI=1S/C13H27NO4SSi/c1-13(2,3)18-12(16)14-10(9-19)11(15)17-7-8-20(4,5)6/h10,19H,7-9H2,1-6H3,(H,14,16). The first kappa shape index (κ1) is 19.3. The highest BCUT2D eigenvalue weighted by Crippen LogP contribution is 2.09. The van der Waals surface area contributed by atoms with Gasteiger partial charge >= 0.3 is 12.1 Å². The van der Waals surface area contributed by atoms with Gasteiger partial charge in [-0.3, -0.25) is 0 Å². The lowest BCUT2D eigenvalue weighted by molar-refractivity contribution is -0.145. The summed E-state index contributed by atoms with van der Waals surface area (Å²) in [4.78, 5) is 23.4. The number of nitrogens with one attached hydrogen (secondary N) is 1. The Bertz CT molecular complexity index is 336. The van der Waals surface area contributed by atoms with Crippen LogP contribution in [0.15, 0.2) is 0 Å². The Morgan fingerprint density at radius 3 is 2.20 bits per heavy atom. The number of hydrogen-bond donors (Lipinski definition) is 2. The van der Waals surface area contributed by atoms with Crippen molar-refractivity contribution in [3.8, 4) is 0 Å². The molecule has 0 heterocycles. The zero-order valence-corrected chi connectivity index (χ0v) is 15.2. The van der Waals surface area contributed by atoms with E-state index in [0.717, 1.165) is 6.04 Å². The fourth-order valence-corrected chi connectivity index (χ4v) is 2.14. The van der Waals surface area contributed by atoms with Crippen LogP contribution >= 0.6 is 12.6 Å². The number of carbonyl (C=O) groups is 2. The third-order valence-electron chi connectivity index (χ3n) is 2.25. The van der Waals surface area contributed by atoms with Crippen molar-refractivity contribution in [3.05, 3.63) is 0 Å². The molecule has 0 aliphatic carbocycles. The number of thiol groups is 1. The molecule has 0 spiro atoms. The van der Waals surface area contributed by atoms with Gasteiger partial charge in [0.2, 0.25) is 0 Å². The van der Waals surface area contributed by atoms with Crippen LogP contribution in [0.4, 0.5) is 4.79 Å². The number of rotatable bonds is 6. The van der Waals surface area contributed by atoms with Crippen molar-refractivity contribution in [2.24, 2.45) is 0 Å². The van der Waals surface area contributed by atoms with Gasteiger partial charge in [-0.1, -0.05) is 19.6 Å². The minimum Gasteiger partial charge on any atom is -0.464 e. The van der Waals surface area contributed by atoms with E-state index in [1.54, 1.807) is 20.8 Å². The van der Waals surface area contributed by atoms with E-state index in [0.29, 0.717) is 6.61 Å². The Labute approximate surface area is 128 Å². The number of alkyl carbamates (subject to hydrolysis) is 1. The van der Waals surface area contributed by atoms with Crippen LogP contribution in [0.2, 0.25) is 25.7 Å². The summed E-state index contributed by atoms with van der Waals surface area (Å²) in [6.45, 7) is 12.3. The summed E-state index contributed by atoms with van der Waals surface area (Å²) in [5.41, 5.74) is -0.604. The smallest absolute Gasteiger partial charge is 0.408 e. The number of hydrogen-bond acceptors (Lipinski definition) is 5. The van der Waals surface area contributed by atoms with E-state index in [4.69, 9.17) is 9.47 Å². The number of ether oxygens (including phenoxy) is 2. The zero-order chi connectivity index (χ0) is 16.0. The minimum absolute atomic E-state index is 0.172. The van der Waals surface area contributed by atoms with E-state index >= 15 is 0 Å². The van der Waals surface area contributed by atoms with Crippen molar-refractivity contribution in [3.63, 3.8) is 0 Å². The monoisotopic (exact) mass is 321 g/mol. The Hall–Kier alpha value is -0.693. The maximum Gasteiger partial charge on any atom is 0.408 e. The normalized spacial score (nSPS) is 13.6. The average Bonchev–Trinajstić information content (AvgIpc) is 2.21. The van der Waals surface area contributed by atoms with Crippen LogP contribution in [0.3, 0.4) is 0 Å². The van der Waals surface area contributed by atoms with Crippen molar-refractivity contribution in [1.29, 1.82) is 0 Å². The Morgan fingerprint density at radius 1 is 1.25 bits per heavy atom. The Balaban J connectivity index is 4.25. The number of esters is 1. The lowest BCUT2D eigenvalue weighted by Crippen LogP contribution is -2.45. The maximum absolute atomic E-state index is 11.8. The molecule has 20 heavy (non-hydrogen) atoms. The molecule has 0 aromatic rings. The Morgan fingerprint density at radius 2 is 1.80 bits per heavy atom. The molecule has 1 unspecified atom stereocenters. The predicted molar refractivity (Wildman–Crippen MR) is 86.1 cm³/mol. The van der Waals surface area contributed by atoms with Crippen LogP contribution < -0.4 is 5.32 Å². The summed E-state index contributed by atoms with van der Waals surface area (Å²) >= 11 is 4.06. The zero-order valence-electron chi connectivity index (χ0n) is 13.3. The first-order chi connectivity index (χ1) is 8.94. The second kappa shape index (κ2) is 7.92. The van der Waals surface area contributed by atoms with E-state index in [1.165, 1.54) is 0 Å². The van der Waals surface area contributed by atoms with Crippen molar-refractivity contribution >= 4 is 32.8 Å². The summed E-state index contributed by atoms with van der Waals surface area (Å²) in [5.74, 6) is -0.297. The predicted octanol–water partition coefficient (Wildman–Crippen LogP) is 2.69. The van der Waals surface area contributed by atoms with Crippen LogP contribution in [0.1, 0.15) is 20.8 Å². The summed E-state index contributed by atoms with van der Waals surface area (Å²) in [7, 11) is -1.24. The molecule has 1 amide bonds. The highest BCUT2D eigenvalue weighted by atomic mass is 32.1. The van der Waals surface area contributed by atoms with Crippen LogP contribution in [-0.2, 0) is 14.3 Å². The summed E-state index contributed by atoms with van der Waals surface area (Å²) in [6.07, 6.45) is -0.640. The van der Waals surface area contributed by atoms with Gasteiger partial charge in [-0.15, -0.1) is 0 Å². The van der Waals surface area contributed by atoms with Crippen LogP contribution in [-0.4, -0.2) is 44.1 Å². The van der Waals surface area contributed by atoms with E-state index in [9.17, 15) is 9.59 Å². The van der Waals surface area contributed by atoms with Gasteiger partial charge in [0.15, 0.2) is 0 Å². The van der Waals surface area contributed by atoms with Crippen LogP contribution in [0, 0.1) is 0 Å². The fraction of sp³-hybridized carbons (Fsp3) is 0.846. The summed E-state index contributed by atoms with van der Waals surface area (Å²) in [6, 6.07) is 0.111. The van der Waals surface area contributed by atoms with Gasteiger partial charge in [-0.05, 0) is 26.8 Å². The molecular weight excluding hydrogens is 294 g/mol. The molecule has 0 bridgehead atoms. The molecular formula is C13H27NO4SSi. The molecule has 0 aliphatic heterocycles. The third kappa shape index (κ3) is 10.1. The fourth-order valence-electron chi connectivity index (χ4n) is 1.19. The Kier molecular flexibility index (Phi) is 7.65. The topological polar surface area (TPSA) is 64.6 Å². The van der Waals surface area contributed by atoms with Crippen LogP contribution in [0.5, 0.6) is 0 Å². The van der Waals surface area contributed by atoms with Gasteiger partial charge in [0.05, 0.1) is 6.61 Å².